The highest BCUT2D eigenvalue weighted by molar-refractivity contribution is 5.79. The van der Waals surface area contributed by atoms with Crippen molar-refractivity contribution in [1.29, 1.82) is 0 Å². The number of fused-ring (bicyclic) bond motifs is 3. The second-order valence-corrected chi connectivity index (χ2v) is 7.28. The van der Waals surface area contributed by atoms with Gasteiger partial charge in [0.15, 0.2) is 17.4 Å². The summed E-state index contributed by atoms with van der Waals surface area (Å²) in [4.78, 5) is 12.1. The molecule has 0 radical (unpaired) electrons. The van der Waals surface area contributed by atoms with Crippen LogP contribution in [0.5, 0.6) is 5.75 Å². The predicted octanol–water partition coefficient (Wildman–Crippen LogP) is 5.25. The first-order valence-corrected chi connectivity index (χ1v) is 10.2. The van der Waals surface area contributed by atoms with Gasteiger partial charge in [0.2, 0.25) is 0 Å². The third-order valence-corrected chi connectivity index (χ3v) is 5.30. The van der Waals surface area contributed by atoms with Gasteiger partial charge in [0.25, 0.3) is 0 Å². The summed E-state index contributed by atoms with van der Waals surface area (Å²) >= 11 is 0. The smallest absolute Gasteiger partial charge is 0.407 e. The predicted molar refractivity (Wildman–Crippen MR) is 117 cm³/mol. The van der Waals surface area contributed by atoms with Crippen molar-refractivity contribution >= 4 is 6.09 Å². The van der Waals surface area contributed by atoms with Crippen molar-refractivity contribution in [2.24, 2.45) is 0 Å². The van der Waals surface area contributed by atoms with E-state index >= 15 is 0 Å². The molecule has 162 valence electrons. The molecular formula is C26H21F2NO3. The minimum atomic E-state index is -0.812. The zero-order valence-corrected chi connectivity index (χ0v) is 17.5. The fourth-order valence-corrected chi connectivity index (χ4v) is 3.87. The summed E-state index contributed by atoms with van der Waals surface area (Å²) in [5, 5.41) is 2.65. The Morgan fingerprint density at radius 3 is 2.19 bits per heavy atom. The molecule has 3 aromatic carbocycles. The highest BCUT2D eigenvalue weighted by atomic mass is 19.1. The van der Waals surface area contributed by atoms with E-state index in [-0.39, 0.29) is 24.6 Å². The maximum absolute atomic E-state index is 13.7. The average molecular weight is 433 g/mol. The monoisotopic (exact) mass is 433 g/mol. The Hall–Kier alpha value is -3.85. The molecule has 0 aliphatic heterocycles. The van der Waals surface area contributed by atoms with Gasteiger partial charge in [-0.15, -0.1) is 0 Å². The molecule has 0 bridgehead atoms. The molecule has 4 nitrogen and oxygen atoms in total. The number of amides is 1. The van der Waals surface area contributed by atoms with Crippen molar-refractivity contribution in [2.75, 3.05) is 20.3 Å². The lowest BCUT2D eigenvalue weighted by atomic mass is 9.98. The van der Waals surface area contributed by atoms with Crippen LogP contribution in [0.4, 0.5) is 13.6 Å². The zero-order chi connectivity index (χ0) is 22.5. The molecule has 32 heavy (non-hydrogen) atoms. The number of carbonyl (C=O) groups is 1. The molecule has 1 amide bonds. The second-order valence-electron chi connectivity index (χ2n) is 7.28. The van der Waals surface area contributed by atoms with Crippen LogP contribution in [0.3, 0.4) is 0 Å². The van der Waals surface area contributed by atoms with Crippen LogP contribution < -0.4 is 10.1 Å². The van der Waals surface area contributed by atoms with Crippen molar-refractivity contribution in [3.05, 3.63) is 89.0 Å². The second kappa shape index (κ2) is 9.52. The maximum Gasteiger partial charge on any atom is 0.407 e. The number of halogens is 2. The molecule has 0 spiro atoms. The first kappa shape index (κ1) is 21.4. The van der Waals surface area contributed by atoms with E-state index in [1.807, 2.05) is 24.3 Å². The molecule has 0 saturated carbocycles. The molecule has 0 aromatic heterocycles. The lowest BCUT2D eigenvalue weighted by molar-refractivity contribution is 0.143. The number of ether oxygens (including phenoxy) is 2. The Morgan fingerprint density at radius 2 is 1.59 bits per heavy atom. The fraction of sp³-hybridized carbons (Fsp3) is 0.192. The van der Waals surface area contributed by atoms with Crippen LogP contribution in [0.1, 0.15) is 29.0 Å². The Morgan fingerprint density at radius 1 is 1.00 bits per heavy atom. The average Bonchev–Trinajstić information content (AvgIpc) is 3.11. The summed E-state index contributed by atoms with van der Waals surface area (Å²) in [6.07, 6.45) is -0.227. The minimum absolute atomic E-state index is 0.00666. The summed E-state index contributed by atoms with van der Waals surface area (Å²) in [5.74, 6) is 3.38. The number of nitrogens with one attached hydrogen (secondary N) is 1. The quantitative estimate of drug-likeness (QED) is 0.441. The highest BCUT2D eigenvalue weighted by Crippen LogP contribution is 2.44. The first-order chi connectivity index (χ1) is 15.6. The van der Waals surface area contributed by atoms with Gasteiger partial charge >= 0.3 is 6.09 Å². The summed E-state index contributed by atoms with van der Waals surface area (Å²) in [7, 11) is 1.20. The van der Waals surface area contributed by atoms with Gasteiger partial charge in [-0.05, 0) is 34.4 Å². The molecule has 0 unspecified atom stereocenters. The Bertz CT molecular complexity index is 1140. The molecule has 0 saturated heterocycles. The number of benzene rings is 3. The largest absolute Gasteiger partial charge is 0.491 e. The number of hydrogen-bond acceptors (Lipinski definition) is 3. The number of rotatable bonds is 5. The minimum Gasteiger partial charge on any atom is -0.491 e. The van der Waals surface area contributed by atoms with Gasteiger partial charge in [0.05, 0.1) is 7.11 Å². The molecule has 6 heteroatoms. The Kier molecular flexibility index (Phi) is 6.37. The standard InChI is InChI=1S/C26H21F2NO3/c1-31-25-23(27)14-17(15-24(25)28)8-6-7-13-29-26(30)32-16-22-20-11-4-2-9-18(20)19-10-3-5-12-21(19)22/h2-5,9-12,14-15,22H,7,13,16H2,1H3,(H,29,30). The van der Waals surface area contributed by atoms with Gasteiger partial charge < -0.3 is 14.8 Å². The third-order valence-electron chi connectivity index (χ3n) is 5.30. The van der Waals surface area contributed by atoms with E-state index in [1.54, 1.807) is 0 Å². The fourth-order valence-electron chi connectivity index (χ4n) is 3.87. The zero-order valence-electron chi connectivity index (χ0n) is 17.5. The summed E-state index contributed by atoms with van der Waals surface area (Å²) in [6.45, 7) is 0.487. The molecule has 0 fully saturated rings. The molecule has 0 atom stereocenters. The first-order valence-electron chi connectivity index (χ1n) is 10.2. The molecule has 4 rings (SSSR count). The highest BCUT2D eigenvalue weighted by Gasteiger charge is 2.28. The summed E-state index contributed by atoms with van der Waals surface area (Å²) in [6, 6.07) is 18.4. The van der Waals surface area contributed by atoms with Crippen LogP contribution in [0.2, 0.25) is 0 Å². The number of carbonyl (C=O) groups excluding carboxylic acids is 1. The van der Waals surface area contributed by atoms with E-state index in [2.05, 4.69) is 46.2 Å². The van der Waals surface area contributed by atoms with Crippen LogP contribution in [0.15, 0.2) is 60.7 Å². The van der Waals surface area contributed by atoms with E-state index in [4.69, 9.17) is 4.74 Å². The summed E-state index contributed by atoms with van der Waals surface area (Å²) < 4.78 is 37.5. The van der Waals surface area contributed by atoms with Gasteiger partial charge in [-0.3, -0.25) is 0 Å². The molecule has 1 aliphatic carbocycles. The topological polar surface area (TPSA) is 47.6 Å². The molecule has 3 aromatic rings. The van der Waals surface area contributed by atoms with Gasteiger partial charge in [-0.25, -0.2) is 13.6 Å². The van der Waals surface area contributed by atoms with Gasteiger partial charge in [-0.1, -0.05) is 60.4 Å². The van der Waals surface area contributed by atoms with Crippen molar-refractivity contribution in [1.82, 2.24) is 5.32 Å². The SMILES string of the molecule is COc1c(F)cc(C#CCCNC(=O)OCC2c3ccccc3-c3ccccc32)cc1F. The van der Waals surface area contributed by atoms with Gasteiger partial charge in [0.1, 0.15) is 6.61 Å². The van der Waals surface area contributed by atoms with Crippen LogP contribution >= 0.6 is 0 Å². The van der Waals surface area contributed by atoms with E-state index in [0.717, 1.165) is 23.3 Å². The van der Waals surface area contributed by atoms with Crippen molar-refractivity contribution < 1.29 is 23.0 Å². The molecule has 1 aliphatic rings. The number of alkyl carbamates (subject to hydrolysis) is 1. The van der Waals surface area contributed by atoms with Crippen molar-refractivity contribution in [3.63, 3.8) is 0 Å². The number of hydrogen-bond donors (Lipinski definition) is 1. The lowest BCUT2D eigenvalue weighted by Gasteiger charge is -2.14. The number of methoxy groups -OCH3 is 1. The van der Waals surface area contributed by atoms with E-state index < -0.39 is 23.5 Å². The molecular weight excluding hydrogens is 412 g/mol. The lowest BCUT2D eigenvalue weighted by Crippen LogP contribution is -2.26. The van der Waals surface area contributed by atoms with Crippen LogP contribution in [-0.4, -0.2) is 26.4 Å². The molecule has 0 heterocycles. The van der Waals surface area contributed by atoms with E-state index in [1.165, 1.54) is 18.2 Å². The Balaban J connectivity index is 1.29. The summed E-state index contributed by atoms with van der Waals surface area (Å²) in [5.41, 5.74) is 4.82. The normalized spacial score (nSPS) is 11.7. The van der Waals surface area contributed by atoms with Crippen LogP contribution in [-0.2, 0) is 4.74 Å². The van der Waals surface area contributed by atoms with Gasteiger partial charge in [-0.2, -0.15) is 0 Å². The van der Waals surface area contributed by atoms with Crippen molar-refractivity contribution in [2.45, 2.75) is 12.3 Å². The maximum atomic E-state index is 13.7. The van der Waals surface area contributed by atoms with E-state index in [0.29, 0.717) is 6.42 Å². The molecule has 1 N–H and O–H groups in total. The van der Waals surface area contributed by atoms with Crippen molar-refractivity contribution in [3.8, 4) is 28.7 Å². The van der Waals surface area contributed by atoms with Crippen LogP contribution in [0.25, 0.3) is 11.1 Å². The third kappa shape index (κ3) is 4.42. The Labute approximate surface area is 185 Å². The van der Waals surface area contributed by atoms with Gasteiger partial charge in [0, 0.05) is 24.4 Å². The van der Waals surface area contributed by atoms with E-state index in [9.17, 15) is 13.6 Å². The van der Waals surface area contributed by atoms with Crippen LogP contribution in [0, 0.1) is 23.5 Å².